The van der Waals surface area contributed by atoms with Gasteiger partial charge in [-0.05, 0) is 23.8 Å². The molecule has 1 aliphatic rings. The maximum Gasteiger partial charge on any atom is 0.181 e. The Morgan fingerprint density at radius 1 is 1.45 bits per heavy atom. The zero-order valence-corrected chi connectivity index (χ0v) is 14.4. The lowest BCUT2D eigenvalue weighted by Gasteiger charge is -2.21. The van der Waals surface area contributed by atoms with Crippen LogP contribution in [-0.4, -0.2) is 41.8 Å². The van der Waals surface area contributed by atoms with Crippen molar-refractivity contribution in [1.29, 1.82) is 0 Å². The van der Waals surface area contributed by atoms with Gasteiger partial charge in [-0.15, -0.1) is 6.58 Å². The van der Waals surface area contributed by atoms with Crippen LogP contribution in [0, 0.1) is 0 Å². The average Bonchev–Trinajstić information content (AvgIpc) is 2.67. The first-order valence-electron chi connectivity index (χ1n) is 6.98. The van der Waals surface area contributed by atoms with Gasteiger partial charge in [0.2, 0.25) is 0 Å². The summed E-state index contributed by atoms with van der Waals surface area (Å²) in [6, 6.07) is 5.12. The quantitative estimate of drug-likeness (QED) is 0.631. The number of sulfone groups is 1. The Kier molecular flexibility index (Phi) is 4.79. The average molecular weight is 343 g/mol. The van der Waals surface area contributed by atoms with Crippen molar-refractivity contribution in [2.75, 3.05) is 29.5 Å². The number of anilines is 1. The molecule has 0 radical (unpaired) electrons. The summed E-state index contributed by atoms with van der Waals surface area (Å²) in [7, 11) is -3.35. The van der Waals surface area contributed by atoms with E-state index in [1.165, 1.54) is 6.08 Å². The van der Waals surface area contributed by atoms with Crippen molar-refractivity contribution >= 4 is 26.6 Å². The molecule has 1 aliphatic heterocycles. The zero-order valence-electron chi connectivity index (χ0n) is 12.8. The Hall–Kier alpha value is -1.18. The van der Waals surface area contributed by atoms with E-state index in [0.717, 1.165) is 11.3 Å². The highest BCUT2D eigenvalue weighted by Crippen LogP contribution is 2.41. The van der Waals surface area contributed by atoms with Crippen molar-refractivity contribution in [3.8, 4) is 0 Å². The SMILES string of the molecule is C=CCS(=O)(=O)c1ccc2c(c1)C(C)(C)CN2CCS(=O)O. The van der Waals surface area contributed by atoms with Crippen molar-refractivity contribution in [3.05, 3.63) is 36.4 Å². The molecule has 1 heterocycles. The Balaban J connectivity index is 2.40. The normalized spacial score (nSPS) is 18.0. The first kappa shape index (κ1) is 17.2. The fourth-order valence-electron chi connectivity index (χ4n) is 2.81. The van der Waals surface area contributed by atoms with Gasteiger partial charge in [0, 0.05) is 24.2 Å². The summed E-state index contributed by atoms with van der Waals surface area (Å²) < 4.78 is 44.2. The lowest BCUT2D eigenvalue weighted by molar-refractivity contribution is 0.545. The fourth-order valence-corrected chi connectivity index (χ4v) is 4.27. The number of benzene rings is 1. The van der Waals surface area contributed by atoms with Crippen LogP contribution in [0.1, 0.15) is 19.4 Å². The number of rotatable bonds is 6. The Bertz CT molecular complexity index is 710. The largest absolute Gasteiger partial charge is 0.369 e. The lowest BCUT2D eigenvalue weighted by atomic mass is 9.87. The van der Waals surface area contributed by atoms with Crippen molar-refractivity contribution in [3.63, 3.8) is 0 Å². The van der Waals surface area contributed by atoms with E-state index in [1.54, 1.807) is 18.2 Å². The van der Waals surface area contributed by atoms with Crippen LogP contribution in [0.5, 0.6) is 0 Å². The molecule has 5 nitrogen and oxygen atoms in total. The molecular formula is C15H21NO4S2. The second-order valence-electron chi connectivity index (χ2n) is 6.08. The maximum atomic E-state index is 12.2. The van der Waals surface area contributed by atoms with Gasteiger partial charge >= 0.3 is 0 Å². The highest BCUT2D eigenvalue weighted by Gasteiger charge is 2.35. The van der Waals surface area contributed by atoms with Crippen molar-refractivity contribution in [2.24, 2.45) is 0 Å². The molecule has 0 amide bonds. The third-order valence-electron chi connectivity index (χ3n) is 3.86. The molecule has 0 spiro atoms. The minimum Gasteiger partial charge on any atom is -0.369 e. The molecule has 22 heavy (non-hydrogen) atoms. The molecular weight excluding hydrogens is 322 g/mol. The van der Waals surface area contributed by atoms with Gasteiger partial charge in [-0.3, -0.25) is 0 Å². The highest BCUT2D eigenvalue weighted by molar-refractivity contribution is 7.91. The van der Waals surface area contributed by atoms with E-state index in [4.69, 9.17) is 4.55 Å². The summed E-state index contributed by atoms with van der Waals surface area (Å²) in [5, 5.41) is 0. The van der Waals surface area contributed by atoms with E-state index in [1.807, 2.05) is 18.7 Å². The van der Waals surface area contributed by atoms with E-state index in [0.29, 0.717) is 18.0 Å². The molecule has 0 aromatic heterocycles. The molecule has 0 fully saturated rings. The minimum atomic E-state index is -3.35. The molecule has 0 bridgehead atoms. The summed E-state index contributed by atoms with van der Waals surface area (Å²) >= 11 is -1.83. The van der Waals surface area contributed by atoms with E-state index in [-0.39, 0.29) is 16.9 Å². The predicted octanol–water partition coefficient (Wildman–Crippen LogP) is 1.97. The standard InChI is InChI=1S/C15H21NO4S2/c1-4-9-22(19,20)12-5-6-14-13(10-12)15(2,3)11-16(14)7-8-21(17)18/h4-6,10H,1,7-9,11H2,2-3H3,(H,17,18). The molecule has 122 valence electrons. The van der Waals surface area contributed by atoms with Gasteiger partial charge in [-0.1, -0.05) is 19.9 Å². The molecule has 1 unspecified atom stereocenters. The third kappa shape index (κ3) is 3.42. The molecule has 0 aliphatic carbocycles. The van der Waals surface area contributed by atoms with Gasteiger partial charge in [-0.2, -0.15) is 0 Å². The van der Waals surface area contributed by atoms with Crippen LogP contribution in [0.25, 0.3) is 0 Å². The molecule has 1 atom stereocenters. The van der Waals surface area contributed by atoms with Crippen molar-refractivity contribution in [1.82, 2.24) is 0 Å². The summed E-state index contributed by atoms with van der Waals surface area (Å²) in [5.41, 5.74) is 1.70. The molecule has 0 saturated heterocycles. The monoisotopic (exact) mass is 343 g/mol. The highest BCUT2D eigenvalue weighted by atomic mass is 32.2. The van der Waals surface area contributed by atoms with Crippen LogP contribution in [0.15, 0.2) is 35.7 Å². The summed E-state index contributed by atoms with van der Waals surface area (Å²) in [6.45, 7) is 8.75. The molecule has 1 aromatic rings. The number of nitrogens with zero attached hydrogens (tertiary/aromatic N) is 1. The second kappa shape index (κ2) is 6.14. The van der Waals surface area contributed by atoms with Gasteiger partial charge in [0.15, 0.2) is 20.9 Å². The van der Waals surface area contributed by atoms with Crippen molar-refractivity contribution in [2.45, 2.75) is 24.2 Å². The van der Waals surface area contributed by atoms with Gasteiger partial charge in [-0.25, -0.2) is 12.6 Å². The smallest absolute Gasteiger partial charge is 0.181 e. The van der Waals surface area contributed by atoms with Gasteiger partial charge in [0.1, 0.15) is 0 Å². The molecule has 2 rings (SSSR count). The number of hydrogen-bond donors (Lipinski definition) is 1. The maximum absolute atomic E-state index is 12.2. The van der Waals surface area contributed by atoms with Crippen LogP contribution in [-0.2, 0) is 26.3 Å². The van der Waals surface area contributed by atoms with Gasteiger partial charge < -0.3 is 9.45 Å². The summed E-state index contributed by atoms with van der Waals surface area (Å²) in [5.74, 6) is 0.0887. The topological polar surface area (TPSA) is 74.7 Å². The van der Waals surface area contributed by atoms with Crippen LogP contribution < -0.4 is 4.90 Å². The molecule has 1 N–H and O–H groups in total. The van der Waals surface area contributed by atoms with E-state index >= 15 is 0 Å². The zero-order chi connectivity index (χ0) is 16.5. The Labute approximate surface area is 134 Å². The Morgan fingerprint density at radius 2 is 2.14 bits per heavy atom. The summed E-state index contributed by atoms with van der Waals surface area (Å²) in [6.07, 6.45) is 1.39. The van der Waals surface area contributed by atoms with E-state index in [2.05, 4.69) is 6.58 Å². The fraction of sp³-hybridized carbons (Fsp3) is 0.467. The van der Waals surface area contributed by atoms with E-state index in [9.17, 15) is 12.6 Å². The molecule has 1 aromatic carbocycles. The van der Waals surface area contributed by atoms with E-state index < -0.39 is 20.9 Å². The molecule has 0 saturated carbocycles. The molecule has 7 heteroatoms. The lowest BCUT2D eigenvalue weighted by Crippen LogP contribution is -2.31. The predicted molar refractivity (Wildman–Crippen MR) is 89.6 cm³/mol. The van der Waals surface area contributed by atoms with Crippen LogP contribution in [0.2, 0.25) is 0 Å². The third-order valence-corrected chi connectivity index (χ3v) is 6.03. The minimum absolute atomic E-state index is 0.0839. The number of fused-ring (bicyclic) bond motifs is 1. The van der Waals surface area contributed by atoms with Crippen LogP contribution in [0.3, 0.4) is 0 Å². The number of hydrogen-bond acceptors (Lipinski definition) is 4. The summed E-state index contributed by atoms with van der Waals surface area (Å²) in [4.78, 5) is 2.33. The van der Waals surface area contributed by atoms with Crippen LogP contribution in [0.4, 0.5) is 5.69 Å². The first-order valence-corrected chi connectivity index (χ1v) is 9.91. The first-order chi connectivity index (χ1) is 10.2. The second-order valence-corrected chi connectivity index (χ2v) is 9.17. The van der Waals surface area contributed by atoms with Gasteiger partial charge in [0.25, 0.3) is 0 Å². The van der Waals surface area contributed by atoms with Gasteiger partial charge in [0.05, 0.1) is 16.4 Å². The Morgan fingerprint density at radius 3 is 2.73 bits per heavy atom. The van der Waals surface area contributed by atoms with Crippen molar-refractivity contribution < 1.29 is 17.2 Å². The van der Waals surface area contributed by atoms with Crippen LogP contribution >= 0.6 is 0 Å².